The third kappa shape index (κ3) is 2.47. The van der Waals surface area contributed by atoms with E-state index in [-0.39, 0.29) is 6.09 Å². The maximum absolute atomic E-state index is 12.1. The molecule has 2 N–H and O–H groups in total. The van der Waals surface area contributed by atoms with Crippen molar-refractivity contribution < 1.29 is 14.0 Å². The van der Waals surface area contributed by atoms with Gasteiger partial charge in [-0.3, -0.25) is 0 Å². The van der Waals surface area contributed by atoms with E-state index in [1.165, 1.54) is 6.42 Å². The number of amides is 1. The van der Waals surface area contributed by atoms with Gasteiger partial charge in [-0.25, -0.2) is 4.48 Å². The van der Waals surface area contributed by atoms with E-state index in [0.29, 0.717) is 15.9 Å². The highest BCUT2D eigenvalue weighted by molar-refractivity contribution is 5.61. The van der Waals surface area contributed by atoms with Crippen molar-refractivity contribution in [3.8, 4) is 0 Å². The summed E-state index contributed by atoms with van der Waals surface area (Å²) in [5, 5.41) is 0. The van der Waals surface area contributed by atoms with Gasteiger partial charge in [-0.2, -0.15) is 4.79 Å². The van der Waals surface area contributed by atoms with Crippen LogP contribution in [0.1, 0.15) is 40.0 Å². The van der Waals surface area contributed by atoms with E-state index in [2.05, 4.69) is 0 Å². The minimum absolute atomic E-state index is 0.0939. The Morgan fingerprint density at radius 1 is 1.41 bits per heavy atom. The van der Waals surface area contributed by atoms with E-state index in [0.717, 1.165) is 25.9 Å². The molecular weight excluding hydrogens is 216 g/mol. The zero-order valence-corrected chi connectivity index (χ0v) is 11.5. The first-order valence-corrected chi connectivity index (χ1v) is 6.48. The Morgan fingerprint density at radius 2 is 2.00 bits per heavy atom. The van der Waals surface area contributed by atoms with Crippen LogP contribution in [0.25, 0.3) is 0 Å². The summed E-state index contributed by atoms with van der Waals surface area (Å²) in [5.41, 5.74) is 5.89. The van der Waals surface area contributed by atoms with E-state index < -0.39 is 5.60 Å². The van der Waals surface area contributed by atoms with Gasteiger partial charge in [-0.15, -0.1) is 0 Å². The number of quaternary nitrogens is 1. The minimum Gasteiger partial charge on any atom is -0.414 e. The fourth-order valence-electron chi connectivity index (χ4n) is 3.47. The standard InChI is InChI=1S/C13H25N2O2/c1-12(2,3)17-11(16)15(4)8-13(9-15)6-5-10(14)7-13/h10H,5-9,14H2,1-4H3/q+1/t10-,13?,15?/m1/s1. The Hall–Kier alpha value is -0.610. The van der Waals surface area contributed by atoms with Crippen LogP contribution in [0, 0.1) is 5.41 Å². The summed E-state index contributed by atoms with van der Waals surface area (Å²) in [6.45, 7) is 7.54. The molecule has 2 rings (SSSR count). The quantitative estimate of drug-likeness (QED) is 0.659. The van der Waals surface area contributed by atoms with Crippen LogP contribution in [0.2, 0.25) is 0 Å². The van der Waals surface area contributed by atoms with Crippen LogP contribution >= 0.6 is 0 Å². The van der Waals surface area contributed by atoms with Gasteiger partial charge in [0.2, 0.25) is 0 Å². The van der Waals surface area contributed by atoms with Crippen LogP contribution in [-0.2, 0) is 4.74 Å². The number of nitrogens with two attached hydrogens (primary N) is 1. The van der Waals surface area contributed by atoms with Crippen molar-refractivity contribution in [3.63, 3.8) is 0 Å². The molecule has 0 aromatic rings. The highest BCUT2D eigenvalue weighted by atomic mass is 16.6. The van der Waals surface area contributed by atoms with Gasteiger partial charge in [0.1, 0.15) is 5.60 Å². The van der Waals surface area contributed by atoms with Gasteiger partial charge in [-0.1, -0.05) is 0 Å². The van der Waals surface area contributed by atoms with E-state index >= 15 is 0 Å². The lowest BCUT2D eigenvalue weighted by Gasteiger charge is -2.51. The number of carbonyl (C=O) groups excluding carboxylic acids is 1. The van der Waals surface area contributed by atoms with Gasteiger partial charge in [-0.05, 0) is 40.0 Å². The zero-order chi connectivity index (χ0) is 12.9. The number of rotatable bonds is 0. The van der Waals surface area contributed by atoms with Crippen LogP contribution in [0.15, 0.2) is 0 Å². The maximum atomic E-state index is 12.1. The molecule has 0 radical (unpaired) electrons. The lowest BCUT2D eigenvalue weighted by Crippen LogP contribution is -2.70. The fourth-order valence-corrected chi connectivity index (χ4v) is 3.47. The lowest BCUT2D eigenvalue weighted by atomic mass is 9.76. The van der Waals surface area contributed by atoms with Crippen molar-refractivity contribution in [1.82, 2.24) is 0 Å². The van der Waals surface area contributed by atoms with Crippen molar-refractivity contribution in [2.24, 2.45) is 11.1 Å². The largest absolute Gasteiger partial charge is 0.516 e. The molecule has 1 heterocycles. The molecule has 0 aromatic heterocycles. The Kier molecular flexibility index (Phi) is 2.79. The van der Waals surface area contributed by atoms with Crippen molar-refractivity contribution in [2.75, 3.05) is 20.1 Å². The highest BCUT2D eigenvalue weighted by Gasteiger charge is 2.60. The highest BCUT2D eigenvalue weighted by Crippen LogP contribution is 2.48. The molecule has 1 aliphatic carbocycles. The molecule has 1 atom stereocenters. The Bertz CT molecular complexity index is 327. The first-order chi connectivity index (χ1) is 7.64. The van der Waals surface area contributed by atoms with Crippen LogP contribution in [-0.4, -0.2) is 42.4 Å². The summed E-state index contributed by atoms with van der Waals surface area (Å²) >= 11 is 0. The third-order valence-corrected chi connectivity index (χ3v) is 3.94. The first kappa shape index (κ1) is 12.8. The van der Waals surface area contributed by atoms with E-state index in [4.69, 9.17) is 10.5 Å². The van der Waals surface area contributed by atoms with Crippen molar-refractivity contribution in [2.45, 2.75) is 51.7 Å². The monoisotopic (exact) mass is 241 g/mol. The summed E-state index contributed by atoms with van der Waals surface area (Å²) < 4.78 is 5.90. The molecule has 98 valence electrons. The van der Waals surface area contributed by atoms with Crippen molar-refractivity contribution in [3.05, 3.63) is 0 Å². The molecule has 1 spiro atoms. The summed E-state index contributed by atoms with van der Waals surface area (Å²) in [6, 6.07) is 0.336. The molecule has 2 aliphatic rings. The topological polar surface area (TPSA) is 52.3 Å². The molecule has 1 saturated carbocycles. The smallest absolute Gasteiger partial charge is 0.414 e. The van der Waals surface area contributed by atoms with Crippen LogP contribution in [0.5, 0.6) is 0 Å². The average molecular weight is 241 g/mol. The normalized spacial score (nSPS) is 41.4. The second kappa shape index (κ2) is 3.69. The van der Waals surface area contributed by atoms with Crippen LogP contribution < -0.4 is 5.73 Å². The molecule has 0 bridgehead atoms. The molecule has 1 aliphatic heterocycles. The predicted molar refractivity (Wildman–Crippen MR) is 66.4 cm³/mol. The number of hydrogen-bond donors (Lipinski definition) is 1. The number of carbonyl (C=O) groups is 1. The van der Waals surface area contributed by atoms with Crippen LogP contribution in [0.3, 0.4) is 0 Å². The van der Waals surface area contributed by atoms with E-state index in [1.54, 1.807) is 0 Å². The molecule has 4 nitrogen and oxygen atoms in total. The van der Waals surface area contributed by atoms with Gasteiger partial charge < -0.3 is 10.5 Å². The Morgan fingerprint density at radius 3 is 2.41 bits per heavy atom. The third-order valence-electron chi connectivity index (χ3n) is 3.94. The number of nitrogens with zero attached hydrogens (tertiary/aromatic N) is 1. The molecule has 1 saturated heterocycles. The molecule has 4 heteroatoms. The number of ether oxygens (including phenoxy) is 1. The van der Waals surface area contributed by atoms with Gasteiger partial charge in [0.15, 0.2) is 0 Å². The number of hydrogen-bond acceptors (Lipinski definition) is 3. The van der Waals surface area contributed by atoms with Crippen LogP contribution in [0.4, 0.5) is 4.79 Å². The SMILES string of the molecule is CC(C)(C)OC(=O)[N+]1(C)CC2(CC[C@@H](N)C2)C1. The zero-order valence-electron chi connectivity index (χ0n) is 11.5. The first-order valence-electron chi connectivity index (χ1n) is 6.48. The Balaban J connectivity index is 1.94. The van der Waals surface area contributed by atoms with Gasteiger partial charge in [0, 0.05) is 6.04 Å². The second-order valence-corrected chi connectivity index (χ2v) is 7.20. The van der Waals surface area contributed by atoms with E-state index in [1.807, 2.05) is 27.8 Å². The summed E-state index contributed by atoms with van der Waals surface area (Å²) in [4.78, 5) is 12.1. The molecule has 17 heavy (non-hydrogen) atoms. The lowest BCUT2D eigenvalue weighted by molar-refractivity contribution is -0.902. The van der Waals surface area contributed by atoms with Gasteiger partial charge in [0.25, 0.3) is 0 Å². The fraction of sp³-hybridized carbons (Fsp3) is 0.923. The molecule has 0 aromatic carbocycles. The predicted octanol–water partition coefficient (Wildman–Crippen LogP) is 1.88. The molecule has 1 amide bonds. The Labute approximate surface area is 104 Å². The molecule has 0 unspecified atom stereocenters. The second-order valence-electron chi connectivity index (χ2n) is 7.20. The number of likely N-dealkylation sites (tertiary alicyclic amines) is 1. The van der Waals surface area contributed by atoms with Gasteiger partial charge in [0.05, 0.1) is 25.6 Å². The average Bonchev–Trinajstić information content (AvgIpc) is 2.43. The summed E-state index contributed by atoms with van der Waals surface area (Å²) in [7, 11) is 1.98. The van der Waals surface area contributed by atoms with Crippen molar-refractivity contribution in [1.29, 1.82) is 0 Å². The maximum Gasteiger partial charge on any atom is 0.516 e. The summed E-state index contributed by atoms with van der Waals surface area (Å²) in [6.07, 6.45) is 3.26. The summed E-state index contributed by atoms with van der Waals surface area (Å²) in [5.74, 6) is 0. The van der Waals surface area contributed by atoms with Gasteiger partial charge >= 0.3 is 6.09 Å². The molecular formula is C13H25N2O2+. The van der Waals surface area contributed by atoms with Crippen molar-refractivity contribution >= 4 is 6.09 Å². The minimum atomic E-state index is -0.396. The molecule has 2 fully saturated rings. The van der Waals surface area contributed by atoms with E-state index in [9.17, 15) is 4.79 Å².